The molecule has 1 saturated carbocycles. The zero-order valence-corrected chi connectivity index (χ0v) is 18.0. The minimum Gasteiger partial charge on any atom is -0.351 e. The average Bonchev–Trinajstić information content (AvgIpc) is 2.71. The minimum absolute atomic E-state index is 0.115. The number of carbonyl (C=O) groups excluding carboxylic acids is 2. The molecule has 3 rings (SSSR count). The van der Waals surface area contributed by atoms with Gasteiger partial charge in [0, 0.05) is 35.2 Å². The first-order valence-corrected chi connectivity index (χ1v) is 11.1. The quantitative estimate of drug-likeness (QED) is 0.579. The maximum Gasteiger partial charge on any atom is 0.252 e. The predicted octanol–water partition coefficient (Wildman–Crippen LogP) is 2.87. The van der Waals surface area contributed by atoms with E-state index >= 15 is 0 Å². The fraction of sp³-hybridized carbons (Fsp3) is 0.300. The molecule has 166 valence electrons. The van der Waals surface area contributed by atoms with Crippen LogP contribution in [0.25, 0.3) is 0 Å². The van der Waals surface area contributed by atoms with Crippen molar-refractivity contribution in [2.45, 2.75) is 35.7 Å². The van der Waals surface area contributed by atoms with Crippen LogP contribution in [-0.2, 0) is 19.6 Å². The summed E-state index contributed by atoms with van der Waals surface area (Å²) in [5.41, 5.74) is 0.382. The Morgan fingerprint density at radius 2 is 1.90 bits per heavy atom. The molecule has 0 radical (unpaired) electrons. The Kier molecular flexibility index (Phi) is 6.63. The number of nitrogens with zero attached hydrogens (tertiary/aromatic N) is 1. The SMILES string of the molecule is CNS(=O)(=O)c1cccc(N(C=O)C(C(=O)NC2CC(F)(F)C2)c2ccccc2Cl)c1. The van der Waals surface area contributed by atoms with Gasteiger partial charge in [0.05, 0.1) is 4.90 Å². The first kappa shape index (κ1) is 23.1. The minimum atomic E-state index is -3.81. The number of hydrogen-bond donors (Lipinski definition) is 2. The highest BCUT2D eigenvalue weighted by Crippen LogP contribution is 2.38. The van der Waals surface area contributed by atoms with Crippen molar-refractivity contribution in [1.29, 1.82) is 0 Å². The van der Waals surface area contributed by atoms with Crippen molar-refractivity contribution in [2.75, 3.05) is 11.9 Å². The monoisotopic (exact) mass is 471 g/mol. The van der Waals surface area contributed by atoms with Gasteiger partial charge >= 0.3 is 0 Å². The van der Waals surface area contributed by atoms with Gasteiger partial charge in [-0.1, -0.05) is 35.9 Å². The number of rotatable bonds is 8. The lowest BCUT2D eigenvalue weighted by Gasteiger charge is -2.37. The molecule has 0 heterocycles. The van der Waals surface area contributed by atoms with Crippen molar-refractivity contribution in [2.24, 2.45) is 0 Å². The molecule has 2 aromatic carbocycles. The van der Waals surface area contributed by atoms with Gasteiger partial charge in [-0.3, -0.25) is 14.5 Å². The van der Waals surface area contributed by atoms with Crippen LogP contribution in [0, 0.1) is 0 Å². The van der Waals surface area contributed by atoms with Crippen molar-refractivity contribution in [1.82, 2.24) is 10.0 Å². The van der Waals surface area contributed by atoms with Crippen LogP contribution in [0.5, 0.6) is 0 Å². The lowest BCUT2D eigenvalue weighted by Crippen LogP contribution is -2.53. The Hall–Kier alpha value is -2.56. The highest BCUT2D eigenvalue weighted by Gasteiger charge is 2.47. The van der Waals surface area contributed by atoms with Gasteiger partial charge in [-0.2, -0.15) is 0 Å². The van der Waals surface area contributed by atoms with Crippen LogP contribution in [-0.4, -0.2) is 39.7 Å². The van der Waals surface area contributed by atoms with Crippen LogP contribution in [0.15, 0.2) is 53.4 Å². The molecule has 2 amide bonds. The summed E-state index contributed by atoms with van der Waals surface area (Å²) in [6.07, 6.45) is -0.621. The predicted molar refractivity (Wildman–Crippen MR) is 112 cm³/mol. The Morgan fingerprint density at radius 3 is 2.48 bits per heavy atom. The van der Waals surface area contributed by atoms with E-state index in [-0.39, 0.29) is 21.2 Å². The molecule has 1 aliphatic carbocycles. The number of carbonyl (C=O) groups is 2. The van der Waals surface area contributed by atoms with Gasteiger partial charge in [-0.15, -0.1) is 0 Å². The van der Waals surface area contributed by atoms with Crippen molar-refractivity contribution in [3.63, 3.8) is 0 Å². The van der Waals surface area contributed by atoms with Crippen molar-refractivity contribution in [3.05, 3.63) is 59.1 Å². The molecule has 7 nitrogen and oxygen atoms in total. The Balaban J connectivity index is 2.01. The first-order valence-electron chi connectivity index (χ1n) is 9.28. The second-order valence-electron chi connectivity index (χ2n) is 7.11. The second kappa shape index (κ2) is 8.89. The Morgan fingerprint density at radius 1 is 1.23 bits per heavy atom. The fourth-order valence-corrected chi connectivity index (χ4v) is 4.37. The number of anilines is 1. The molecule has 2 aromatic rings. The number of sulfonamides is 1. The molecule has 1 atom stereocenters. The van der Waals surface area contributed by atoms with E-state index in [1.807, 2.05) is 0 Å². The van der Waals surface area contributed by atoms with Gasteiger partial charge < -0.3 is 5.32 Å². The highest BCUT2D eigenvalue weighted by atomic mass is 35.5. The number of nitrogens with one attached hydrogen (secondary N) is 2. The van der Waals surface area contributed by atoms with Crippen LogP contribution >= 0.6 is 11.6 Å². The maximum atomic E-state index is 13.2. The van der Waals surface area contributed by atoms with Gasteiger partial charge in [-0.05, 0) is 31.3 Å². The zero-order chi connectivity index (χ0) is 22.8. The van der Waals surface area contributed by atoms with Gasteiger partial charge in [0.1, 0.15) is 6.04 Å². The molecule has 1 fully saturated rings. The molecule has 0 aromatic heterocycles. The maximum absolute atomic E-state index is 13.2. The summed E-state index contributed by atoms with van der Waals surface area (Å²) in [5.74, 6) is -3.54. The summed E-state index contributed by atoms with van der Waals surface area (Å²) in [6, 6.07) is 9.72. The van der Waals surface area contributed by atoms with Crippen molar-refractivity contribution < 1.29 is 26.8 Å². The summed E-state index contributed by atoms with van der Waals surface area (Å²) in [4.78, 5) is 26.0. The van der Waals surface area contributed by atoms with Crippen LogP contribution in [0.1, 0.15) is 24.4 Å². The van der Waals surface area contributed by atoms with Crippen LogP contribution in [0.3, 0.4) is 0 Å². The van der Waals surface area contributed by atoms with Crippen LogP contribution < -0.4 is 14.9 Å². The number of halogens is 3. The van der Waals surface area contributed by atoms with Crippen molar-refractivity contribution >= 4 is 39.6 Å². The highest BCUT2D eigenvalue weighted by molar-refractivity contribution is 7.89. The first-order chi connectivity index (χ1) is 14.6. The smallest absolute Gasteiger partial charge is 0.252 e. The summed E-state index contributed by atoms with van der Waals surface area (Å²) < 4.78 is 52.9. The van der Waals surface area contributed by atoms with E-state index in [4.69, 9.17) is 11.6 Å². The van der Waals surface area contributed by atoms with Crippen LogP contribution in [0.4, 0.5) is 14.5 Å². The molecule has 0 saturated heterocycles. The lowest BCUT2D eigenvalue weighted by atomic mass is 9.87. The molecule has 0 bridgehead atoms. The Bertz CT molecular complexity index is 1090. The molecule has 31 heavy (non-hydrogen) atoms. The molecule has 1 unspecified atom stereocenters. The molecular formula is C20H20ClF2N3O4S. The third-order valence-electron chi connectivity index (χ3n) is 4.97. The molecule has 1 aliphatic rings. The summed E-state index contributed by atoms with van der Waals surface area (Å²) in [5, 5.41) is 2.72. The normalized spacial score (nSPS) is 16.8. The largest absolute Gasteiger partial charge is 0.351 e. The summed E-state index contributed by atoms with van der Waals surface area (Å²) in [6.45, 7) is 0. The third-order valence-corrected chi connectivity index (χ3v) is 6.73. The third kappa shape index (κ3) is 5.03. The summed E-state index contributed by atoms with van der Waals surface area (Å²) >= 11 is 6.26. The number of alkyl halides is 2. The second-order valence-corrected chi connectivity index (χ2v) is 9.41. The fourth-order valence-electron chi connectivity index (χ4n) is 3.36. The van der Waals surface area contributed by atoms with Gasteiger partial charge in [-0.25, -0.2) is 21.9 Å². The molecule has 0 spiro atoms. The Labute approximate surface area is 183 Å². The molecule has 0 aliphatic heterocycles. The van der Waals surface area contributed by atoms with E-state index in [0.717, 1.165) is 4.90 Å². The lowest BCUT2D eigenvalue weighted by molar-refractivity contribution is -0.131. The van der Waals surface area contributed by atoms with E-state index in [1.54, 1.807) is 12.1 Å². The standard InChI is InChI=1S/C20H20ClF2N3O4S/c1-24-31(29,30)15-6-4-5-14(9-15)26(12-27)18(16-7-2-3-8-17(16)21)19(28)25-13-10-20(22,23)11-13/h2-9,12-13,18,24H,10-11H2,1H3,(H,25,28). The van der Waals surface area contributed by atoms with E-state index in [2.05, 4.69) is 10.0 Å². The van der Waals surface area contributed by atoms with E-state index < -0.39 is 46.8 Å². The number of benzene rings is 2. The molecular weight excluding hydrogens is 452 g/mol. The van der Waals surface area contributed by atoms with Gasteiger partial charge in [0.2, 0.25) is 22.3 Å². The van der Waals surface area contributed by atoms with E-state index in [0.29, 0.717) is 6.41 Å². The number of hydrogen-bond acceptors (Lipinski definition) is 4. The molecule has 2 N–H and O–H groups in total. The van der Waals surface area contributed by atoms with E-state index in [1.165, 1.54) is 43.4 Å². The summed E-state index contributed by atoms with van der Waals surface area (Å²) in [7, 11) is -2.57. The topological polar surface area (TPSA) is 95.6 Å². The van der Waals surface area contributed by atoms with Gasteiger partial charge in [0.25, 0.3) is 5.92 Å². The van der Waals surface area contributed by atoms with Crippen molar-refractivity contribution in [3.8, 4) is 0 Å². The van der Waals surface area contributed by atoms with Gasteiger partial charge in [0.15, 0.2) is 0 Å². The molecule has 11 heteroatoms. The number of amides is 2. The van der Waals surface area contributed by atoms with E-state index in [9.17, 15) is 26.8 Å². The zero-order valence-electron chi connectivity index (χ0n) is 16.4. The average molecular weight is 472 g/mol. The van der Waals surface area contributed by atoms with Crippen LogP contribution in [0.2, 0.25) is 5.02 Å².